The fourth-order valence-electron chi connectivity index (χ4n) is 6.37. The first-order chi connectivity index (χ1) is 19.6. The van der Waals surface area contributed by atoms with E-state index in [4.69, 9.17) is 19.2 Å². The molecule has 0 spiro atoms. The van der Waals surface area contributed by atoms with Crippen molar-refractivity contribution in [1.29, 1.82) is 0 Å². The molecule has 1 aliphatic carbocycles. The molecule has 5 aliphatic rings. The van der Waals surface area contributed by atoms with E-state index in [1.165, 1.54) is 18.5 Å². The van der Waals surface area contributed by atoms with Crippen molar-refractivity contribution < 1.29 is 27.8 Å². The van der Waals surface area contributed by atoms with Crippen molar-refractivity contribution in [2.24, 2.45) is 5.41 Å². The maximum Gasteiger partial charge on any atom is 0.410 e. The Kier molecular flexibility index (Phi) is 5.97. The number of amides is 1. The lowest BCUT2D eigenvalue weighted by Crippen LogP contribution is -2.50. The van der Waals surface area contributed by atoms with Crippen LogP contribution in [0, 0.1) is 17.0 Å². The van der Waals surface area contributed by atoms with E-state index >= 15 is 4.39 Å². The number of hydrogen-bond donors (Lipinski definition) is 1. The molecular formula is C29H32F2N6O4. The lowest BCUT2D eigenvalue weighted by molar-refractivity contribution is 0.0214. The first-order valence-electron chi connectivity index (χ1n) is 13.9. The van der Waals surface area contributed by atoms with Crippen LogP contribution >= 0.6 is 0 Å². The Morgan fingerprint density at radius 2 is 1.95 bits per heavy atom. The first kappa shape index (κ1) is 26.1. The summed E-state index contributed by atoms with van der Waals surface area (Å²) in [5.74, 6) is -1.29. The van der Waals surface area contributed by atoms with E-state index in [1.54, 1.807) is 4.90 Å². The largest absolute Gasteiger partial charge is 0.490 e. The lowest BCUT2D eigenvalue weighted by atomic mass is 9.71. The van der Waals surface area contributed by atoms with E-state index in [9.17, 15) is 9.18 Å². The Balaban J connectivity index is 1.08. The van der Waals surface area contributed by atoms with Crippen molar-refractivity contribution in [3.05, 3.63) is 42.2 Å². The minimum Gasteiger partial charge on any atom is -0.490 e. The van der Waals surface area contributed by atoms with Crippen LogP contribution in [0.25, 0.3) is 11.0 Å². The molecule has 41 heavy (non-hydrogen) atoms. The van der Waals surface area contributed by atoms with Crippen LogP contribution in [-0.2, 0) is 9.47 Å². The Hall–Kier alpha value is -3.80. The quantitative estimate of drug-likeness (QED) is 0.451. The summed E-state index contributed by atoms with van der Waals surface area (Å²) in [5.41, 5.74) is 0.265. The molecule has 1 saturated carbocycles. The number of rotatable bonds is 6. The molecule has 1 amide bonds. The molecule has 4 saturated heterocycles. The molecule has 6 heterocycles. The zero-order valence-corrected chi connectivity index (χ0v) is 23.2. The molecule has 3 aromatic rings. The number of nitrogens with zero attached hydrogens (tertiary/aromatic N) is 5. The van der Waals surface area contributed by atoms with Gasteiger partial charge in [-0.05, 0) is 64.3 Å². The number of halogens is 2. The molecule has 4 aliphatic heterocycles. The summed E-state index contributed by atoms with van der Waals surface area (Å²) in [7, 11) is 0. The van der Waals surface area contributed by atoms with Crippen LogP contribution in [0.5, 0.6) is 5.75 Å². The summed E-state index contributed by atoms with van der Waals surface area (Å²) >= 11 is 0. The molecule has 216 valence electrons. The monoisotopic (exact) mass is 566 g/mol. The predicted octanol–water partition coefficient (Wildman–Crippen LogP) is 4.80. The minimum atomic E-state index is -1.06. The van der Waals surface area contributed by atoms with Gasteiger partial charge in [-0.25, -0.2) is 24.1 Å². The third-order valence-electron chi connectivity index (χ3n) is 8.41. The Morgan fingerprint density at radius 3 is 2.66 bits per heavy atom. The lowest BCUT2D eigenvalue weighted by Gasteiger charge is -2.35. The summed E-state index contributed by atoms with van der Waals surface area (Å²) in [6.45, 7) is 7.62. The zero-order valence-electron chi connectivity index (χ0n) is 23.2. The second-order valence-corrected chi connectivity index (χ2v) is 12.6. The van der Waals surface area contributed by atoms with E-state index in [-0.39, 0.29) is 47.0 Å². The molecule has 1 aromatic carbocycles. The molecular weight excluding hydrogens is 534 g/mol. The molecule has 5 fully saturated rings. The minimum absolute atomic E-state index is 0.0290. The van der Waals surface area contributed by atoms with E-state index < -0.39 is 17.2 Å². The van der Waals surface area contributed by atoms with E-state index in [1.807, 2.05) is 32.9 Å². The van der Waals surface area contributed by atoms with Gasteiger partial charge >= 0.3 is 6.09 Å². The molecule has 12 heteroatoms. The van der Waals surface area contributed by atoms with Crippen molar-refractivity contribution >= 4 is 34.4 Å². The molecule has 10 nitrogen and oxygen atoms in total. The fourth-order valence-corrected chi connectivity index (χ4v) is 6.37. The SMILES string of the molecule is CC(C)(C)OC(=O)N1C[C@@H]2C[C@H]1CN2c1ccc2ncnc(Nc3ccc(OCC45COC(C4)C5)c(F)c3F)c2n1. The van der Waals surface area contributed by atoms with Gasteiger partial charge in [-0.3, -0.25) is 0 Å². The number of carbonyl (C=O) groups excluding carboxylic acids is 1. The Bertz CT molecular complexity index is 1520. The molecule has 2 atom stereocenters. The summed E-state index contributed by atoms with van der Waals surface area (Å²) < 4.78 is 46.9. The highest BCUT2D eigenvalue weighted by atomic mass is 19.2. The second-order valence-electron chi connectivity index (χ2n) is 12.6. The van der Waals surface area contributed by atoms with Crippen LogP contribution in [-0.4, -0.2) is 76.0 Å². The van der Waals surface area contributed by atoms with E-state index in [0.29, 0.717) is 43.2 Å². The van der Waals surface area contributed by atoms with Gasteiger partial charge in [-0.15, -0.1) is 0 Å². The molecule has 4 bridgehead atoms. The average molecular weight is 567 g/mol. The Morgan fingerprint density at radius 1 is 1.12 bits per heavy atom. The number of carbonyl (C=O) groups is 1. The highest BCUT2D eigenvalue weighted by Crippen LogP contribution is 2.50. The third-order valence-corrected chi connectivity index (χ3v) is 8.41. The molecule has 2 aromatic heterocycles. The summed E-state index contributed by atoms with van der Waals surface area (Å²) in [6.07, 6.45) is 3.94. The predicted molar refractivity (Wildman–Crippen MR) is 146 cm³/mol. The van der Waals surface area contributed by atoms with Crippen LogP contribution in [0.4, 0.5) is 30.9 Å². The number of nitrogens with one attached hydrogen (secondary N) is 1. The van der Waals surface area contributed by atoms with Crippen molar-refractivity contribution in [3.8, 4) is 5.75 Å². The van der Waals surface area contributed by atoms with E-state index in [0.717, 1.165) is 19.3 Å². The Labute approximate surface area is 236 Å². The van der Waals surface area contributed by atoms with Crippen molar-refractivity contribution in [2.45, 2.75) is 63.8 Å². The number of anilines is 3. The highest BCUT2D eigenvalue weighted by Gasteiger charge is 2.52. The number of likely N-dealkylation sites (tertiary alicyclic amines) is 1. The molecule has 8 rings (SSSR count). The number of hydrogen-bond acceptors (Lipinski definition) is 9. The number of fused-ring (bicyclic) bond motifs is 4. The molecule has 0 radical (unpaired) electrons. The van der Waals surface area contributed by atoms with Crippen molar-refractivity contribution in [3.63, 3.8) is 0 Å². The number of pyridine rings is 1. The zero-order chi connectivity index (χ0) is 28.5. The van der Waals surface area contributed by atoms with E-state index in [2.05, 4.69) is 20.2 Å². The highest BCUT2D eigenvalue weighted by molar-refractivity contribution is 5.88. The topological polar surface area (TPSA) is 102 Å². The number of ether oxygens (including phenoxy) is 3. The summed E-state index contributed by atoms with van der Waals surface area (Å²) in [6, 6.07) is 6.68. The van der Waals surface area contributed by atoms with Gasteiger partial charge in [-0.1, -0.05) is 0 Å². The number of piperazine rings is 1. The maximum atomic E-state index is 15.1. The van der Waals surface area contributed by atoms with Crippen LogP contribution in [0.15, 0.2) is 30.6 Å². The van der Waals surface area contributed by atoms with Gasteiger partial charge in [-0.2, -0.15) is 4.39 Å². The molecule has 0 unspecified atom stereocenters. The maximum absolute atomic E-state index is 15.1. The first-order valence-corrected chi connectivity index (χ1v) is 13.9. The van der Waals surface area contributed by atoms with Crippen LogP contribution in [0.3, 0.4) is 0 Å². The van der Waals surface area contributed by atoms with Crippen LogP contribution < -0.4 is 15.0 Å². The van der Waals surface area contributed by atoms with Gasteiger partial charge < -0.3 is 29.3 Å². The van der Waals surface area contributed by atoms with Gasteiger partial charge in [0.1, 0.15) is 23.3 Å². The number of benzene rings is 1. The van der Waals surface area contributed by atoms with Crippen LogP contribution in [0.1, 0.15) is 40.0 Å². The molecule has 1 N–H and O–H groups in total. The van der Waals surface area contributed by atoms with Gasteiger partial charge in [0.15, 0.2) is 17.4 Å². The van der Waals surface area contributed by atoms with Gasteiger partial charge in [0.05, 0.1) is 42.6 Å². The fraction of sp³-hybridized carbons (Fsp3) is 0.517. The smallest absolute Gasteiger partial charge is 0.410 e. The van der Waals surface area contributed by atoms with Gasteiger partial charge in [0, 0.05) is 18.5 Å². The second kappa shape index (κ2) is 9.37. The average Bonchev–Trinajstić information content (AvgIpc) is 3.71. The normalized spacial score (nSPS) is 26.4. The standard InChI is InChI=1S/C29H32F2N6O4/c1-28(2,3)41-27(38)37-12-16-8-17(37)11-36(16)22-7-5-20-25(35-22)26(33-15-32-20)34-19-4-6-21(24(31)23(19)30)40-14-29-9-18(10-29)39-13-29/h4-7,15-18H,8-14H2,1-3H3,(H,32,33,34)/t16-,17-,18?,29?/m0/s1. The van der Waals surface area contributed by atoms with Crippen LogP contribution in [0.2, 0.25) is 0 Å². The van der Waals surface area contributed by atoms with Crippen molar-refractivity contribution in [2.75, 3.05) is 36.5 Å². The van der Waals surface area contributed by atoms with Gasteiger partial charge in [0.25, 0.3) is 0 Å². The summed E-state index contributed by atoms with van der Waals surface area (Å²) in [5, 5.41) is 2.90. The third kappa shape index (κ3) is 4.67. The van der Waals surface area contributed by atoms with Crippen molar-refractivity contribution in [1.82, 2.24) is 19.9 Å². The van der Waals surface area contributed by atoms with Gasteiger partial charge in [0.2, 0.25) is 5.82 Å². The summed E-state index contributed by atoms with van der Waals surface area (Å²) in [4.78, 5) is 30.0. The number of aromatic nitrogens is 3.